The second kappa shape index (κ2) is 7.94. The van der Waals surface area contributed by atoms with Gasteiger partial charge in [-0.25, -0.2) is 0 Å². The Labute approximate surface area is 131 Å². The van der Waals surface area contributed by atoms with Gasteiger partial charge in [0.1, 0.15) is 6.61 Å². The van der Waals surface area contributed by atoms with Crippen LogP contribution in [-0.4, -0.2) is 37.6 Å². The second-order valence-corrected chi connectivity index (χ2v) is 5.68. The molecule has 0 spiro atoms. The monoisotopic (exact) mass is 304 g/mol. The third-order valence-corrected chi connectivity index (χ3v) is 3.76. The summed E-state index contributed by atoms with van der Waals surface area (Å²) in [6.45, 7) is 5.04. The number of rotatable bonds is 6. The molecule has 1 atom stereocenters. The highest BCUT2D eigenvalue weighted by Gasteiger charge is 2.27. The predicted octanol–water partition coefficient (Wildman–Crippen LogP) is 2.03. The van der Waals surface area contributed by atoms with E-state index in [4.69, 9.17) is 4.74 Å². The van der Waals surface area contributed by atoms with E-state index in [0.717, 1.165) is 24.1 Å². The topological polar surface area (TPSA) is 58.6 Å². The number of carbonyl (C=O) groups excluding carboxylic acids is 2. The quantitative estimate of drug-likeness (QED) is 0.875. The van der Waals surface area contributed by atoms with Crippen LogP contribution in [0.4, 0.5) is 5.69 Å². The van der Waals surface area contributed by atoms with Crippen molar-refractivity contribution in [2.75, 3.05) is 24.6 Å². The van der Waals surface area contributed by atoms with Crippen molar-refractivity contribution in [1.82, 2.24) is 5.32 Å². The normalized spacial score (nSPS) is 18.4. The lowest BCUT2D eigenvalue weighted by atomic mass is 10.2. The smallest absolute Gasteiger partial charge is 0.253 e. The van der Waals surface area contributed by atoms with E-state index in [1.165, 1.54) is 0 Å². The third kappa shape index (κ3) is 4.56. The zero-order valence-electron chi connectivity index (χ0n) is 13.3. The van der Waals surface area contributed by atoms with Crippen LogP contribution in [0.2, 0.25) is 0 Å². The number of ether oxygens (including phenoxy) is 1. The van der Waals surface area contributed by atoms with Crippen LogP contribution in [0.5, 0.6) is 0 Å². The number of nitrogens with one attached hydrogen (secondary N) is 1. The minimum atomic E-state index is -0.162. The Balaban J connectivity index is 1.89. The lowest BCUT2D eigenvalue weighted by Gasteiger charge is -2.33. The largest absolute Gasteiger partial charge is 0.365 e. The molecule has 22 heavy (non-hydrogen) atoms. The average molecular weight is 304 g/mol. The molecule has 1 aliphatic heterocycles. The molecule has 1 saturated heterocycles. The standard InChI is InChI=1S/C17H24N2O3/c1-3-4-5-16(20)18-10-15-11-19(17(21)12-22-15)14-8-6-13(2)7-9-14/h6-9,15H,3-5,10-12H2,1-2H3,(H,18,20). The first-order chi connectivity index (χ1) is 10.6. The van der Waals surface area contributed by atoms with Gasteiger partial charge >= 0.3 is 0 Å². The molecule has 1 heterocycles. The molecule has 2 amide bonds. The van der Waals surface area contributed by atoms with E-state index >= 15 is 0 Å². The van der Waals surface area contributed by atoms with E-state index in [9.17, 15) is 9.59 Å². The molecule has 0 radical (unpaired) electrons. The van der Waals surface area contributed by atoms with Crippen LogP contribution in [0.1, 0.15) is 31.7 Å². The molecule has 1 unspecified atom stereocenters. The number of morpholine rings is 1. The molecular weight excluding hydrogens is 280 g/mol. The Morgan fingerprint density at radius 2 is 2.09 bits per heavy atom. The van der Waals surface area contributed by atoms with E-state index in [1.54, 1.807) is 4.90 Å². The number of aryl methyl sites for hydroxylation is 1. The molecule has 1 aromatic rings. The van der Waals surface area contributed by atoms with Gasteiger partial charge < -0.3 is 15.0 Å². The number of hydrogen-bond acceptors (Lipinski definition) is 3. The Bertz CT molecular complexity index is 513. The Hall–Kier alpha value is -1.88. The summed E-state index contributed by atoms with van der Waals surface area (Å²) in [4.78, 5) is 25.4. The second-order valence-electron chi connectivity index (χ2n) is 5.68. The molecule has 0 bridgehead atoms. The molecule has 1 fully saturated rings. The zero-order valence-corrected chi connectivity index (χ0v) is 13.3. The van der Waals surface area contributed by atoms with Gasteiger partial charge in [0.25, 0.3) is 5.91 Å². The van der Waals surface area contributed by atoms with Gasteiger partial charge in [0.05, 0.1) is 12.6 Å². The van der Waals surface area contributed by atoms with Crippen molar-refractivity contribution in [1.29, 1.82) is 0 Å². The van der Waals surface area contributed by atoms with Crippen LogP contribution in [0.25, 0.3) is 0 Å². The van der Waals surface area contributed by atoms with Crippen LogP contribution in [-0.2, 0) is 14.3 Å². The van der Waals surface area contributed by atoms with E-state index in [1.807, 2.05) is 31.2 Å². The van der Waals surface area contributed by atoms with Crippen molar-refractivity contribution in [2.24, 2.45) is 0 Å². The predicted molar refractivity (Wildman–Crippen MR) is 85.8 cm³/mol. The molecule has 1 N–H and O–H groups in total. The van der Waals surface area contributed by atoms with Crippen LogP contribution < -0.4 is 10.2 Å². The average Bonchev–Trinajstić information content (AvgIpc) is 2.53. The van der Waals surface area contributed by atoms with Gasteiger partial charge in [-0.15, -0.1) is 0 Å². The number of hydrogen-bond donors (Lipinski definition) is 1. The molecule has 5 nitrogen and oxygen atoms in total. The maximum atomic E-state index is 12.0. The van der Waals surface area contributed by atoms with E-state index in [2.05, 4.69) is 12.2 Å². The number of amides is 2. The van der Waals surface area contributed by atoms with Crippen molar-refractivity contribution in [3.63, 3.8) is 0 Å². The Kier molecular flexibility index (Phi) is 5.95. The minimum absolute atomic E-state index is 0.0441. The first kappa shape index (κ1) is 16.5. The summed E-state index contributed by atoms with van der Waals surface area (Å²) in [6, 6.07) is 7.85. The lowest BCUT2D eigenvalue weighted by Crippen LogP contribution is -2.50. The summed E-state index contributed by atoms with van der Waals surface area (Å²) in [7, 11) is 0. The van der Waals surface area contributed by atoms with E-state index in [0.29, 0.717) is 19.5 Å². The highest BCUT2D eigenvalue weighted by Crippen LogP contribution is 2.19. The minimum Gasteiger partial charge on any atom is -0.365 e. The maximum absolute atomic E-state index is 12.0. The van der Waals surface area contributed by atoms with Gasteiger partial charge in [-0.3, -0.25) is 9.59 Å². The zero-order chi connectivity index (χ0) is 15.9. The summed E-state index contributed by atoms with van der Waals surface area (Å²) in [5.41, 5.74) is 2.03. The number of anilines is 1. The summed E-state index contributed by atoms with van der Waals surface area (Å²) in [6.07, 6.45) is 2.28. The van der Waals surface area contributed by atoms with Gasteiger partial charge in [-0.2, -0.15) is 0 Å². The first-order valence-corrected chi connectivity index (χ1v) is 7.85. The van der Waals surface area contributed by atoms with Crippen LogP contribution in [0, 0.1) is 6.92 Å². The first-order valence-electron chi connectivity index (χ1n) is 7.85. The van der Waals surface area contributed by atoms with Crippen LogP contribution in [0.3, 0.4) is 0 Å². The maximum Gasteiger partial charge on any atom is 0.253 e. The van der Waals surface area contributed by atoms with Crippen molar-refractivity contribution < 1.29 is 14.3 Å². The molecular formula is C17H24N2O3. The fraction of sp³-hybridized carbons (Fsp3) is 0.529. The van der Waals surface area contributed by atoms with Gasteiger partial charge in [0.2, 0.25) is 5.91 Å². The number of benzene rings is 1. The Morgan fingerprint density at radius 1 is 1.36 bits per heavy atom. The molecule has 0 aromatic heterocycles. The SMILES string of the molecule is CCCCC(=O)NCC1CN(c2ccc(C)cc2)C(=O)CO1. The highest BCUT2D eigenvalue weighted by atomic mass is 16.5. The molecule has 0 saturated carbocycles. The molecule has 120 valence electrons. The van der Waals surface area contributed by atoms with E-state index < -0.39 is 0 Å². The third-order valence-electron chi connectivity index (χ3n) is 3.76. The summed E-state index contributed by atoms with van der Waals surface area (Å²) in [5.74, 6) is 0.00153. The molecule has 5 heteroatoms. The molecule has 1 aliphatic rings. The van der Waals surface area contributed by atoms with E-state index in [-0.39, 0.29) is 24.5 Å². The van der Waals surface area contributed by atoms with Gasteiger partial charge in [-0.1, -0.05) is 31.0 Å². The summed E-state index contributed by atoms with van der Waals surface area (Å²) >= 11 is 0. The van der Waals surface area contributed by atoms with Crippen LogP contribution in [0.15, 0.2) is 24.3 Å². The number of unbranched alkanes of at least 4 members (excludes halogenated alkanes) is 1. The molecule has 0 aliphatic carbocycles. The lowest BCUT2D eigenvalue weighted by molar-refractivity contribution is -0.129. The van der Waals surface area contributed by atoms with Crippen molar-refractivity contribution in [3.05, 3.63) is 29.8 Å². The molecule has 1 aromatic carbocycles. The summed E-state index contributed by atoms with van der Waals surface area (Å²) in [5, 5.41) is 2.88. The fourth-order valence-corrected chi connectivity index (χ4v) is 2.38. The summed E-state index contributed by atoms with van der Waals surface area (Å²) < 4.78 is 5.51. The number of carbonyl (C=O) groups is 2. The van der Waals surface area contributed by atoms with Crippen molar-refractivity contribution >= 4 is 17.5 Å². The van der Waals surface area contributed by atoms with Gasteiger partial charge in [-0.05, 0) is 25.5 Å². The molecule has 2 rings (SSSR count). The number of nitrogens with zero attached hydrogens (tertiary/aromatic N) is 1. The van der Waals surface area contributed by atoms with Crippen molar-refractivity contribution in [3.8, 4) is 0 Å². The van der Waals surface area contributed by atoms with Gasteiger partial charge in [0, 0.05) is 18.7 Å². The van der Waals surface area contributed by atoms with Gasteiger partial charge in [0.15, 0.2) is 0 Å². The Morgan fingerprint density at radius 3 is 2.77 bits per heavy atom. The fourth-order valence-electron chi connectivity index (χ4n) is 2.38. The highest BCUT2D eigenvalue weighted by molar-refractivity contribution is 5.95. The van der Waals surface area contributed by atoms with Crippen molar-refractivity contribution in [2.45, 2.75) is 39.2 Å². The van der Waals surface area contributed by atoms with Crippen LogP contribution >= 0.6 is 0 Å².